The SMILES string of the molecule is CS(=O)(=O)c1nc(-c2ccccc2-c2ccccc2)cs1. The van der Waals surface area contributed by atoms with Gasteiger partial charge in [-0.05, 0) is 11.1 Å². The Hall–Kier alpha value is -1.98. The highest BCUT2D eigenvalue weighted by Gasteiger charge is 2.15. The fraction of sp³-hybridized carbons (Fsp3) is 0.0625. The average Bonchev–Trinajstić information content (AvgIpc) is 2.98. The highest BCUT2D eigenvalue weighted by Crippen LogP contribution is 2.33. The molecule has 0 bridgehead atoms. The second-order valence-electron chi connectivity index (χ2n) is 4.68. The first-order valence-corrected chi connectivity index (χ1v) is 9.13. The molecule has 0 spiro atoms. The van der Waals surface area contributed by atoms with Crippen LogP contribution in [0.1, 0.15) is 0 Å². The van der Waals surface area contributed by atoms with Crippen molar-refractivity contribution in [1.82, 2.24) is 4.98 Å². The summed E-state index contributed by atoms with van der Waals surface area (Å²) < 4.78 is 23.3. The summed E-state index contributed by atoms with van der Waals surface area (Å²) in [5, 5.41) is 1.79. The van der Waals surface area contributed by atoms with E-state index in [2.05, 4.69) is 4.98 Å². The summed E-state index contributed by atoms with van der Waals surface area (Å²) in [5.41, 5.74) is 3.76. The maximum absolute atomic E-state index is 11.6. The van der Waals surface area contributed by atoms with E-state index in [4.69, 9.17) is 0 Å². The molecule has 0 aliphatic rings. The lowest BCUT2D eigenvalue weighted by atomic mass is 9.98. The molecular formula is C16H13NO2S2. The van der Waals surface area contributed by atoms with Crippen LogP contribution in [-0.2, 0) is 9.84 Å². The highest BCUT2D eigenvalue weighted by atomic mass is 32.2. The molecule has 0 N–H and O–H groups in total. The first-order valence-electron chi connectivity index (χ1n) is 6.36. The van der Waals surface area contributed by atoms with Crippen molar-refractivity contribution in [3.8, 4) is 22.4 Å². The second kappa shape index (κ2) is 5.42. The maximum atomic E-state index is 11.6. The first-order chi connectivity index (χ1) is 10.1. The van der Waals surface area contributed by atoms with Crippen LogP contribution in [0.25, 0.3) is 22.4 Å². The third-order valence-electron chi connectivity index (χ3n) is 3.09. The lowest BCUT2D eigenvalue weighted by Gasteiger charge is -2.07. The summed E-state index contributed by atoms with van der Waals surface area (Å²) in [5.74, 6) is 0. The minimum atomic E-state index is -3.26. The van der Waals surface area contributed by atoms with Crippen LogP contribution in [0.2, 0.25) is 0 Å². The number of rotatable bonds is 3. The Kier molecular flexibility index (Phi) is 3.61. The van der Waals surface area contributed by atoms with Crippen LogP contribution < -0.4 is 0 Å². The normalized spacial score (nSPS) is 11.5. The number of aromatic nitrogens is 1. The largest absolute Gasteiger partial charge is 0.225 e. The molecule has 21 heavy (non-hydrogen) atoms. The molecule has 0 saturated carbocycles. The molecule has 3 rings (SSSR count). The van der Waals surface area contributed by atoms with Gasteiger partial charge >= 0.3 is 0 Å². The predicted octanol–water partition coefficient (Wildman–Crippen LogP) is 3.88. The molecule has 2 aromatic carbocycles. The monoisotopic (exact) mass is 315 g/mol. The van der Waals surface area contributed by atoms with E-state index in [0.29, 0.717) is 5.69 Å². The highest BCUT2D eigenvalue weighted by molar-refractivity contribution is 7.92. The van der Waals surface area contributed by atoms with Crippen molar-refractivity contribution in [3.63, 3.8) is 0 Å². The smallest absolute Gasteiger partial charge is 0.209 e. The van der Waals surface area contributed by atoms with Gasteiger partial charge in [0.1, 0.15) is 0 Å². The maximum Gasteiger partial charge on any atom is 0.209 e. The summed E-state index contributed by atoms with van der Waals surface area (Å²) in [6, 6.07) is 17.9. The zero-order valence-electron chi connectivity index (χ0n) is 11.4. The van der Waals surface area contributed by atoms with Gasteiger partial charge in [0.05, 0.1) is 5.69 Å². The molecule has 0 aliphatic heterocycles. The Labute approximate surface area is 127 Å². The third-order valence-corrected chi connectivity index (χ3v) is 5.64. The zero-order chi connectivity index (χ0) is 14.9. The van der Waals surface area contributed by atoms with Gasteiger partial charge in [0.15, 0.2) is 0 Å². The number of nitrogens with zero attached hydrogens (tertiary/aromatic N) is 1. The molecule has 0 aliphatic carbocycles. The summed E-state index contributed by atoms with van der Waals surface area (Å²) in [4.78, 5) is 4.27. The fourth-order valence-corrected chi connectivity index (χ4v) is 3.78. The van der Waals surface area contributed by atoms with Crippen LogP contribution in [0.4, 0.5) is 0 Å². The van der Waals surface area contributed by atoms with Crippen molar-refractivity contribution in [2.24, 2.45) is 0 Å². The van der Waals surface area contributed by atoms with Crippen LogP contribution >= 0.6 is 11.3 Å². The number of hydrogen-bond donors (Lipinski definition) is 0. The Bertz CT molecular complexity index is 868. The molecule has 0 fully saturated rings. The van der Waals surface area contributed by atoms with E-state index >= 15 is 0 Å². The van der Waals surface area contributed by atoms with E-state index in [9.17, 15) is 8.42 Å². The molecule has 106 valence electrons. The Morgan fingerprint density at radius 3 is 2.14 bits per heavy atom. The van der Waals surface area contributed by atoms with Gasteiger partial charge in [-0.15, -0.1) is 11.3 Å². The van der Waals surface area contributed by atoms with E-state index in [1.165, 1.54) is 6.26 Å². The van der Waals surface area contributed by atoms with Gasteiger partial charge in [0.2, 0.25) is 14.2 Å². The molecule has 1 heterocycles. The van der Waals surface area contributed by atoms with Gasteiger partial charge < -0.3 is 0 Å². The molecule has 0 amide bonds. The number of thiazole rings is 1. The number of benzene rings is 2. The van der Waals surface area contributed by atoms with Gasteiger partial charge in [0, 0.05) is 17.2 Å². The van der Waals surface area contributed by atoms with Crippen molar-refractivity contribution in [2.75, 3.05) is 6.26 Å². The lowest BCUT2D eigenvalue weighted by molar-refractivity contribution is 0.601. The minimum Gasteiger partial charge on any atom is -0.225 e. The van der Waals surface area contributed by atoms with Crippen LogP contribution in [0.15, 0.2) is 64.3 Å². The number of hydrogen-bond acceptors (Lipinski definition) is 4. The summed E-state index contributed by atoms with van der Waals surface area (Å²) in [7, 11) is -3.26. The fourth-order valence-electron chi connectivity index (χ4n) is 2.13. The van der Waals surface area contributed by atoms with Crippen molar-refractivity contribution in [2.45, 2.75) is 4.34 Å². The quantitative estimate of drug-likeness (QED) is 0.737. The third kappa shape index (κ3) is 2.89. The van der Waals surface area contributed by atoms with Crippen LogP contribution in [-0.4, -0.2) is 19.7 Å². The second-order valence-corrected chi connectivity index (χ2v) is 7.73. The van der Waals surface area contributed by atoms with Crippen molar-refractivity contribution >= 4 is 21.2 Å². The topological polar surface area (TPSA) is 47.0 Å². The molecule has 0 saturated heterocycles. The summed E-state index contributed by atoms with van der Waals surface area (Å²) >= 11 is 1.16. The molecule has 3 nitrogen and oxygen atoms in total. The lowest BCUT2D eigenvalue weighted by Crippen LogP contribution is -1.95. The van der Waals surface area contributed by atoms with Gasteiger partial charge in [-0.3, -0.25) is 0 Å². The van der Waals surface area contributed by atoms with E-state index in [0.717, 1.165) is 28.0 Å². The molecule has 5 heteroatoms. The van der Waals surface area contributed by atoms with Gasteiger partial charge in [-0.25, -0.2) is 13.4 Å². The summed E-state index contributed by atoms with van der Waals surface area (Å²) in [6.45, 7) is 0. The Morgan fingerprint density at radius 2 is 1.52 bits per heavy atom. The molecule has 0 unspecified atom stereocenters. The number of sulfone groups is 1. The van der Waals surface area contributed by atoms with Crippen LogP contribution in [0.3, 0.4) is 0 Å². The predicted molar refractivity (Wildman–Crippen MR) is 86.1 cm³/mol. The molecule has 0 radical (unpaired) electrons. The van der Waals surface area contributed by atoms with Crippen molar-refractivity contribution < 1.29 is 8.42 Å². The van der Waals surface area contributed by atoms with Crippen molar-refractivity contribution in [3.05, 3.63) is 60.0 Å². The molecule has 3 aromatic rings. The van der Waals surface area contributed by atoms with Crippen LogP contribution in [0, 0.1) is 0 Å². The Morgan fingerprint density at radius 1 is 0.905 bits per heavy atom. The van der Waals surface area contributed by atoms with Gasteiger partial charge in [0.25, 0.3) is 0 Å². The summed E-state index contributed by atoms with van der Waals surface area (Å²) in [6.07, 6.45) is 1.18. The van der Waals surface area contributed by atoms with Crippen molar-refractivity contribution in [1.29, 1.82) is 0 Å². The van der Waals surface area contributed by atoms with Crippen LogP contribution in [0.5, 0.6) is 0 Å². The standard InChI is InChI=1S/C16H13NO2S2/c1-21(18,19)16-17-15(11-20-16)14-10-6-5-9-13(14)12-7-3-2-4-8-12/h2-11H,1H3. The Balaban J connectivity index is 2.14. The molecule has 0 atom stereocenters. The minimum absolute atomic E-state index is 0.153. The first kappa shape index (κ1) is 14.0. The van der Waals surface area contributed by atoms with E-state index in [-0.39, 0.29) is 4.34 Å². The van der Waals surface area contributed by atoms with E-state index in [1.54, 1.807) is 5.38 Å². The van der Waals surface area contributed by atoms with E-state index < -0.39 is 9.84 Å². The van der Waals surface area contributed by atoms with Gasteiger partial charge in [-0.1, -0.05) is 54.6 Å². The van der Waals surface area contributed by atoms with Gasteiger partial charge in [-0.2, -0.15) is 0 Å². The van der Waals surface area contributed by atoms with E-state index in [1.807, 2.05) is 54.6 Å². The average molecular weight is 315 g/mol. The molecule has 1 aromatic heterocycles. The zero-order valence-corrected chi connectivity index (χ0v) is 13.0. The molecular weight excluding hydrogens is 302 g/mol.